The molecule has 0 aliphatic carbocycles. The third kappa shape index (κ3) is 3.80. The number of aliphatic hydroxyl groups is 1. The standard InChI is InChI=1S/C9H18N2O2.C2H6/c1-9(12,8(10)11-2)7-3-5-13-6-4-7;1-2/h7,12H,3-6H2,1-2H3,(H2,10,11);1-2H3. The summed E-state index contributed by atoms with van der Waals surface area (Å²) in [6.07, 6.45) is 1.70. The minimum atomic E-state index is -0.974. The fourth-order valence-electron chi connectivity index (χ4n) is 1.70. The highest BCUT2D eigenvalue weighted by molar-refractivity contribution is 5.88. The van der Waals surface area contributed by atoms with Gasteiger partial charge in [-0.3, -0.25) is 4.99 Å². The molecule has 1 atom stereocenters. The lowest BCUT2D eigenvalue weighted by Gasteiger charge is -2.34. The normalized spacial score (nSPS) is 22.6. The van der Waals surface area contributed by atoms with Crippen molar-refractivity contribution in [1.29, 1.82) is 0 Å². The van der Waals surface area contributed by atoms with Gasteiger partial charge in [0.15, 0.2) is 0 Å². The fourth-order valence-corrected chi connectivity index (χ4v) is 1.70. The van der Waals surface area contributed by atoms with Gasteiger partial charge in [0.2, 0.25) is 0 Å². The number of nitrogens with two attached hydrogens (primary N) is 1. The van der Waals surface area contributed by atoms with E-state index in [1.165, 1.54) is 0 Å². The Hall–Kier alpha value is -0.610. The maximum Gasteiger partial charge on any atom is 0.126 e. The maximum absolute atomic E-state index is 10.1. The highest BCUT2D eigenvalue weighted by atomic mass is 16.5. The van der Waals surface area contributed by atoms with Crippen LogP contribution in [-0.2, 0) is 4.74 Å². The van der Waals surface area contributed by atoms with Gasteiger partial charge in [-0.25, -0.2) is 0 Å². The van der Waals surface area contributed by atoms with Crippen molar-refractivity contribution < 1.29 is 9.84 Å². The van der Waals surface area contributed by atoms with Crippen molar-refractivity contribution in [3.05, 3.63) is 0 Å². The first kappa shape index (κ1) is 14.4. The van der Waals surface area contributed by atoms with Crippen LogP contribution in [0.2, 0.25) is 0 Å². The van der Waals surface area contributed by atoms with E-state index >= 15 is 0 Å². The maximum atomic E-state index is 10.1. The van der Waals surface area contributed by atoms with Gasteiger partial charge >= 0.3 is 0 Å². The van der Waals surface area contributed by atoms with Gasteiger partial charge < -0.3 is 15.6 Å². The van der Waals surface area contributed by atoms with E-state index in [0.717, 1.165) is 12.8 Å². The quantitative estimate of drug-likeness (QED) is 0.538. The Kier molecular flexibility index (Phi) is 6.52. The van der Waals surface area contributed by atoms with E-state index in [0.29, 0.717) is 19.0 Å². The Morgan fingerprint density at radius 3 is 2.27 bits per heavy atom. The first-order chi connectivity index (χ1) is 7.09. The Balaban J connectivity index is 0.000000921. The summed E-state index contributed by atoms with van der Waals surface area (Å²) in [6.45, 7) is 7.14. The van der Waals surface area contributed by atoms with E-state index in [1.54, 1.807) is 14.0 Å². The second kappa shape index (κ2) is 6.80. The van der Waals surface area contributed by atoms with Crippen molar-refractivity contribution in [2.75, 3.05) is 20.3 Å². The minimum absolute atomic E-state index is 0.171. The zero-order chi connectivity index (χ0) is 11.9. The van der Waals surface area contributed by atoms with Crippen molar-refractivity contribution in [1.82, 2.24) is 0 Å². The molecule has 4 nitrogen and oxygen atoms in total. The van der Waals surface area contributed by atoms with Crippen LogP contribution >= 0.6 is 0 Å². The topological polar surface area (TPSA) is 67.8 Å². The average Bonchev–Trinajstić information content (AvgIpc) is 2.31. The summed E-state index contributed by atoms with van der Waals surface area (Å²) < 4.78 is 5.22. The van der Waals surface area contributed by atoms with Crippen molar-refractivity contribution in [2.45, 2.75) is 39.2 Å². The molecule has 0 bridgehead atoms. The van der Waals surface area contributed by atoms with Crippen LogP contribution in [0.1, 0.15) is 33.6 Å². The van der Waals surface area contributed by atoms with Crippen LogP contribution in [-0.4, -0.2) is 36.8 Å². The van der Waals surface area contributed by atoms with E-state index in [1.807, 2.05) is 13.8 Å². The molecule has 0 aromatic heterocycles. The molecular weight excluding hydrogens is 192 g/mol. The Labute approximate surface area is 92.5 Å². The summed E-state index contributed by atoms with van der Waals surface area (Å²) in [5.41, 5.74) is 4.67. The number of hydrogen-bond acceptors (Lipinski definition) is 3. The minimum Gasteiger partial charge on any atom is -0.385 e. The largest absolute Gasteiger partial charge is 0.385 e. The van der Waals surface area contributed by atoms with Gasteiger partial charge in [0.1, 0.15) is 11.4 Å². The number of amidine groups is 1. The van der Waals surface area contributed by atoms with Crippen LogP contribution in [0.4, 0.5) is 0 Å². The summed E-state index contributed by atoms with van der Waals surface area (Å²) in [5, 5.41) is 10.1. The van der Waals surface area contributed by atoms with Crippen LogP contribution in [0.25, 0.3) is 0 Å². The predicted octanol–water partition coefficient (Wildman–Crippen LogP) is 1.18. The highest BCUT2D eigenvalue weighted by Gasteiger charge is 2.36. The molecule has 1 saturated heterocycles. The molecule has 0 aromatic rings. The van der Waals surface area contributed by atoms with E-state index in [2.05, 4.69) is 4.99 Å². The highest BCUT2D eigenvalue weighted by Crippen LogP contribution is 2.27. The number of rotatable bonds is 2. The van der Waals surface area contributed by atoms with Crippen LogP contribution in [0.3, 0.4) is 0 Å². The molecule has 0 aromatic carbocycles. The molecule has 0 saturated carbocycles. The lowest BCUT2D eigenvalue weighted by Crippen LogP contribution is -2.49. The van der Waals surface area contributed by atoms with E-state index in [-0.39, 0.29) is 5.92 Å². The molecule has 90 valence electrons. The smallest absolute Gasteiger partial charge is 0.126 e. The summed E-state index contributed by atoms with van der Waals surface area (Å²) in [6, 6.07) is 0. The monoisotopic (exact) mass is 216 g/mol. The molecule has 1 rings (SSSR count). The predicted molar refractivity (Wildman–Crippen MR) is 63.1 cm³/mol. The molecule has 0 radical (unpaired) electrons. The Morgan fingerprint density at radius 2 is 1.87 bits per heavy atom. The van der Waals surface area contributed by atoms with Gasteiger partial charge in [-0.15, -0.1) is 0 Å². The number of ether oxygens (including phenoxy) is 1. The van der Waals surface area contributed by atoms with E-state index in [4.69, 9.17) is 10.5 Å². The molecule has 1 aliphatic heterocycles. The van der Waals surface area contributed by atoms with Gasteiger partial charge in [-0.2, -0.15) is 0 Å². The van der Waals surface area contributed by atoms with Gasteiger partial charge in [-0.1, -0.05) is 13.8 Å². The van der Waals surface area contributed by atoms with Gasteiger partial charge in [0.05, 0.1) is 0 Å². The molecule has 1 heterocycles. The van der Waals surface area contributed by atoms with Crippen molar-refractivity contribution >= 4 is 5.84 Å². The number of hydrogen-bond donors (Lipinski definition) is 2. The molecule has 0 spiro atoms. The summed E-state index contributed by atoms with van der Waals surface area (Å²) in [4.78, 5) is 3.84. The fraction of sp³-hybridized carbons (Fsp3) is 0.909. The number of aliphatic imine (C=N–C) groups is 1. The van der Waals surface area contributed by atoms with Gasteiger partial charge in [-0.05, 0) is 25.7 Å². The van der Waals surface area contributed by atoms with Gasteiger partial charge in [0, 0.05) is 20.3 Å². The van der Waals surface area contributed by atoms with Crippen LogP contribution in [0, 0.1) is 5.92 Å². The van der Waals surface area contributed by atoms with Crippen LogP contribution in [0.5, 0.6) is 0 Å². The van der Waals surface area contributed by atoms with Crippen molar-refractivity contribution in [3.63, 3.8) is 0 Å². The number of nitrogens with zero attached hydrogens (tertiary/aromatic N) is 1. The Morgan fingerprint density at radius 1 is 1.40 bits per heavy atom. The summed E-state index contributed by atoms with van der Waals surface area (Å²) in [7, 11) is 1.60. The molecule has 15 heavy (non-hydrogen) atoms. The SMILES string of the molecule is CC.CN=C(N)C(C)(O)C1CCOCC1. The Bertz CT molecular complexity index is 197. The zero-order valence-electron chi connectivity index (χ0n) is 10.3. The second-order valence-corrected chi connectivity index (χ2v) is 3.64. The summed E-state index contributed by atoms with van der Waals surface area (Å²) >= 11 is 0. The summed E-state index contributed by atoms with van der Waals surface area (Å²) in [5.74, 6) is 0.490. The second-order valence-electron chi connectivity index (χ2n) is 3.64. The van der Waals surface area contributed by atoms with Gasteiger partial charge in [0.25, 0.3) is 0 Å². The molecule has 3 N–H and O–H groups in total. The first-order valence-electron chi connectivity index (χ1n) is 5.62. The molecule has 4 heteroatoms. The van der Waals surface area contributed by atoms with E-state index in [9.17, 15) is 5.11 Å². The lowest BCUT2D eigenvalue weighted by atomic mass is 9.82. The third-order valence-corrected chi connectivity index (χ3v) is 2.78. The zero-order valence-corrected chi connectivity index (χ0v) is 10.3. The van der Waals surface area contributed by atoms with Crippen LogP contribution in [0.15, 0.2) is 4.99 Å². The first-order valence-corrected chi connectivity index (χ1v) is 5.62. The van der Waals surface area contributed by atoms with Crippen LogP contribution < -0.4 is 5.73 Å². The average molecular weight is 216 g/mol. The molecule has 1 aliphatic rings. The van der Waals surface area contributed by atoms with Crippen molar-refractivity contribution in [3.8, 4) is 0 Å². The van der Waals surface area contributed by atoms with E-state index < -0.39 is 5.60 Å². The lowest BCUT2D eigenvalue weighted by molar-refractivity contribution is -0.0136. The third-order valence-electron chi connectivity index (χ3n) is 2.78. The molecular formula is C11H24N2O2. The molecule has 1 unspecified atom stereocenters. The molecule has 1 fully saturated rings. The van der Waals surface area contributed by atoms with Crippen molar-refractivity contribution in [2.24, 2.45) is 16.6 Å². The molecule has 0 amide bonds.